The van der Waals surface area contributed by atoms with E-state index in [4.69, 9.17) is 0 Å². The lowest BCUT2D eigenvalue weighted by atomic mass is 9.95. The first-order chi connectivity index (χ1) is 16.2. The Hall–Kier alpha value is -4.04. The number of ketones is 1. The van der Waals surface area contributed by atoms with Crippen LogP contribution < -0.4 is 4.90 Å². The first-order valence-electron chi connectivity index (χ1n) is 10.5. The number of aromatic hydroxyl groups is 1. The number of fused-ring (bicyclic) bond motifs is 1. The number of halogens is 1. The van der Waals surface area contributed by atoms with Gasteiger partial charge in [0.25, 0.3) is 5.78 Å². The smallest absolute Gasteiger partial charge is 0.301 e. The Morgan fingerprint density at radius 3 is 2.50 bits per heavy atom. The van der Waals surface area contributed by atoms with Crippen LogP contribution in [0, 0.1) is 19.7 Å². The zero-order valence-electron chi connectivity index (χ0n) is 18.2. The third-order valence-electron chi connectivity index (χ3n) is 5.77. The Morgan fingerprint density at radius 2 is 1.79 bits per heavy atom. The maximum absolute atomic E-state index is 13.4. The number of nitrogens with zero attached hydrogens (tertiary/aromatic N) is 2. The van der Waals surface area contributed by atoms with Crippen LogP contribution in [0.3, 0.4) is 0 Å². The lowest BCUT2D eigenvalue weighted by Crippen LogP contribution is -2.29. The number of hydrogen-bond acceptors (Lipinski definition) is 6. The first kappa shape index (κ1) is 21.8. The van der Waals surface area contributed by atoms with Crippen molar-refractivity contribution >= 4 is 44.1 Å². The summed E-state index contributed by atoms with van der Waals surface area (Å²) in [5.74, 6) is -2.71. The highest BCUT2D eigenvalue weighted by Crippen LogP contribution is 2.45. The van der Waals surface area contributed by atoms with Crippen LogP contribution in [0.15, 0.2) is 66.2 Å². The summed E-state index contributed by atoms with van der Waals surface area (Å²) >= 11 is 1.27. The quantitative estimate of drug-likeness (QED) is 0.236. The molecule has 170 valence electrons. The minimum Gasteiger partial charge on any atom is -0.508 e. The molecule has 6 nitrogen and oxygen atoms in total. The average Bonchev–Trinajstić information content (AvgIpc) is 3.33. The number of aromatic nitrogens is 1. The summed E-state index contributed by atoms with van der Waals surface area (Å²) in [6, 6.07) is 14.1. The van der Waals surface area contributed by atoms with E-state index in [1.165, 1.54) is 40.5 Å². The van der Waals surface area contributed by atoms with Crippen molar-refractivity contribution in [3.63, 3.8) is 0 Å². The van der Waals surface area contributed by atoms with Gasteiger partial charge in [0, 0.05) is 5.56 Å². The summed E-state index contributed by atoms with van der Waals surface area (Å²) in [5.41, 5.74) is 3.17. The van der Waals surface area contributed by atoms with Crippen molar-refractivity contribution in [1.29, 1.82) is 0 Å². The highest BCUT2D eigenvalue weighted by molar-refractivity contribution is 7.22. The van der Waals surface area contributed by atoms with Gasteiger partial charge in [-0.15, -0.1) is 0 Å². The number of phenolic OH excluding ortho intramolecular Hbond substituents is 1. The lowest BCUT2D eigenvalue weighted by molar-refractivity contribution is -0.132. The molecule has 34 heavy (non-hydrogen) atoms. The number of aliphatic hydroxyl groups excluding tert-OH is 1. The predicted octanol–water partition coefficient (Wildman–Crippen LogP) is 5.38. The lowest BCUT2D eigenvalue weighted by Gasteiger charge is -2.23. The Morgan fingerprint density at radius 1 is 1.06 bits per heavy atom. The topological polar surface area (TPSA) is 90.7 Å². The van der Waals surface area contributed by atoms with Crippen molar-refractivity contribution in [2.75, 3.05) is 4.90 Å². The number of aryl methyl sites for hydroxylation is 2. The summed E-state index contributed by atoms with van der Waals surface area (Å²) in [5, 5.41) is 21.5. The van der Waals surface area contributed by atoms with Crippen LogP contribution in [-0.4, -0.2) is 26.9 Å². The molecule has 2 N–H and O–H groups in total. The summed E-state index contributed by atoms with van der Waals surface area (Å²) in [6.07, 6.45) is 0. The molecule has 1 saturated heterocycles. The monoisotopic (exact) mass is 474 g/mol. The number of rotatable bonds is 3. The van der Waals surface area contributed by atoms with Crippen molar-refractivity contribution in [3.05, 3.63) is 94.3 Å². The molecular weight excluding hydrogens is 455 g/mol. The van der Waals surface area contributed by atoms with Crippen molar-refractivity contribution in [1.82, 2.24) is 4.98 Å². The van der Waals surface area contributed by atoms with Crippen LogP contribution in [0.4, 0.5) is 9.52 Å². The van der Waals surface area contributed by atoms with Crippen LogP contribution in [0.5, 0.6) is 5.75 Å². The van der Waals surface area contributed by atoms with Gasteiger partial charge in [-0.3, -0.25) is 14.5 Å². The fraction of sp³-hybridized carbons (Fsp3) is 0.115. The van der Waals surface area contributed by atoms with Crippen LogP contribution in [0.1, 0.15) is 28.3 Å². The van der Waals surface area contributed by atoms with E-state index in [-0.39, 0.29) is 16.9 Å². The van der Waals surface area contributed by atoms with Gasteiger partial charge in [-0.2, -0.15) is 0 Å². The molecule has 0 spiro atoms. The van der Waals surface area contributed by atoms with Crippen LogP contribution in [-0.2, 0) is 9.59 Å². The van der Waals surface area contributed by atoms with Crippen molar-refractivity contribution in [2.45, 2.75) is 19.9 Å². The number of amides is 1. The Labute approximate surface area is 198 Å². The second-order valence-electron chi connectivity index (χ2n) is 8.20. The molecule has 1 aromatic heterocycles. The largest absolute Gasteiger partial charge is 0.508 e. The van der Waals surface area contributed by atoms with E-state index < -0.39 is 29.3 Å². The number of aliphatic hydroxyl groups is 1. The van der Waals surface area contributed by atoms with Gasteiger partial charge in [-0.05, 0) is 73.0 Å². The normalized spacial score (nSPS) is 17.6. The van der Waals surface area contributed by atoms with Gasteiger partial charge in [0.15, 0.2) is 5.13 Å². The van der Waals surface area contributed by atoms with Crippen LogP contribution >= 0.6 is 11.3 Å². The Bertz CT molecular complexity index is 1510. The number of Topliss-reactive ketones (excluding diaryl/α,β-unsaturated/α-hetero) is 1. The molecule has 1 amide bonds. The highest BCUT2D eigenvalue weighted by Gasteiger charge is 2.48. The third-order valence-corrected chi connectivity index (χ3v) is 6.77. The number of anilines is 1. The van der Waals surface area contributed by atoms with Gasteiger partial charge in [-0.25, -0.2) is 9.37 Å². The van der Waals surface area contributed by atoms with Gasteiger partial charge in [-0.1, -0.05) is 29.5 Å². The van der Waals surface area contributed by atoms with E-state index in [1.807, 2.05) is 26.0 Å². The van der Waals surface area contributed by atoms with Gasteiger partial charge in [0.05, 0.1) is 21.8 Å². The zero-order chi connectivity index (χ0) is 24.1. The maximum Gasteiger partial charge on any atom is 0.301 e. The maximum atomic E-state index is 13.4. The average molecular weight is 475 g/mol. The second-order valence-corrected chi connectivity index (χ2v) is 9.21. The summed E-state index contributed by atoms with van der Waals surface area (Å²) in [6.45, 7) is 3.89. The minimum absolute atomic E-state index is 0.0550. The predicted molar refractivity (Wildman–Crippen MR) is 128 cm³/mol. The molecule has 5 rings (SSSR count). The number of hydrogen-bond donors (Lipinski definition) is 2. The van der Waals surface area contributed by atoms with E-state index in [9.17, 15) is 24.2 Å². The molecule has 1 unspecified atom stereocenters. The molecule has 8 heteroatoms. The molecular formula is C26H19FN2O4S. The van der Waals surface area contributed by atoms with Crippen LogP contribution in [0.25, 0.3) is 16.0 Å². The molecule has 0 bridgehead atoms. The van der Waals surface area contributed by atoms with E-state index in [0.717, 1.165) is 33.5 Å². The van der Waals surface area contributed by atoms with Gasteiger partial charge >= 0.3 is 5.91 Å². The molecule has 4 aromatic rings. The van der Waals surface area contributed by atoms with Gasteiger partial charge in [0.2, 0.25) is 0 Å². The molecule has 1 atom stereocenters. The fourth-order valence-corrected chi connectivity index (χ4v) is 5.43. The fourth-order valence-electron chi connectivity index (χ4n) is 4.27. The molecule has 0 aliphatic carbocycles. The van der Waals surface area contributed by atoms with E-state index in [2.05, 4.69) is 4.98 Å². The molecule has 1 fully saturated rings. The van der Waals surface area contributed by atoms with E-state index in [0.29, 0.717) is 10.7 Å². The first-order valence-corrected chi connectivity index (χ1v) is 11.3. The molecule has 1 aliphatic rings. The van der Waals surface area contributed by atoms with E-state index >= 15 is 0 Å². The van der Waals surface area contributed by atoms with Crippen LogP contribution in [0.2, 0.25) is 0 Å². The number of phenols is 1. The Kier molecular flexibility index (Phi) is 5.17. The summed E-state index contributed by atoms with van der Waals surface area (Å²) in [7, 11) is 0. The third kappa shape index (κ3) is 3.52. The van der Waals surface area contributed by atoms with Gasteiger partial charge < -0.3 is 10.2 Å². The summed E-state index contributed by atoms with van der Waals surface area (Å²) in [4.78, 5) is 32.4. The number of carbonyl (C=O) groups excluding carboxylic acids is 2. The molecule has 0 saturated carbocycles. The zero-order valence-corrected chi connectivity index (χ0v) is 19.1. The number of benzene rings is 3. The molecule has 3 aromatic carbocycles. The summed E-state index contributed by atoms with van der Waals surface area (Å²) < 4.78 is 14.3. The van der Waals surface area contributed by atoms with Crippen molar-refractivity contribution in [2.24, 2.45) is 0 Å². The Balaban J connectivity index is 1.75. The van der Waals surface area contributed by atoms with Gasteiger partial charge in [0.1, 0.15) is 17.3 Å². The van der Waals surface area contributed by atoms with Crippen molar-refractivity contribution in [3.8, 4) is 5.75 Å². The highest BCUT2D eigenvalue weighted by atomic mass is 32.1. The van der Waals surface area contributed by atoms with E-state index in [1.54, 1.807) is 12.1 Å². The number of carbonyl (C=O) groups is 2. The molecule has 2 heterocycles. The standard InChI is InChI=1S/C26H19FN2O4S/c1-13-10-14(2)21-19(11-13)34-26(28-21)29-22(16-4-3-5-18(30)12-16)20(24(32)25(29)33)23(31)15-6-8-17(27)9-7-15/h3-12,22,30-31H,1-2H3. The molecule has 0 radical (unpaired) electrons. The number of thiazole rings is 1. The van der Waals surface area contributed by atoms with Crippen molar-refractivity contribution < 1.29 is 24.2 Å². The minimum atomic E-state index is -1.03. The molecule has 1 aliphatic heterocycles. The second kappa shape index (κ2) is 8.07. The SMILES string of the molecule is Cc1cc(C)c2nc(N3C(=O)C(=O)C(=C(O)c4ccc(F)cc4)C3c3cccc(O)c3)sc2c1.